The molecule has 0 heterocycles. The van der Waals surface area contributed by atoms with Crippen molar-refractivity contribution in [1.82, 2.24) is 5.32 Å². The fourth-order valence-electron chi connectivity index (χ4n) is 3.47. The van der Waals surface area contributed by atoms with Crippen molar-refractivity contribution in [3.63, 3.8) is 0 Å². The van der Waals surface area contributed by atoms with E-state index in [1.54, 1.807) is 6.07 Å². The highest BCUT2D eigenvalue weighted by Gasteiger charge is 2.25. The maximum absolute atomic E-state index is 13.7. The Labute approximate surface area is 137 Å². The minimum Gasteiger partial charge on any atom is -0.307 e. The minimum atomic E-state index is -0.407. The van der Waals surface area contributed by atoms with Crippen LogP contribution in [0, 0.1) is 11.7 Å². The van der Waals surface area contributed by atoms with Gasteiger partial charge in [-0.05, 0) is 44.2 Å². The summed E-state index contributed by atoms with van der Waals surface area (Å²) in [6.07, 6.45) is 7.62. The molecule has 1 aromatic carbocycles. The van der Waals surface area contributed by atoms with Crippen LogP contribution in [0.5, 0.6) is 0 Å². The second kappa shape index (κ2) is 7.80. The molecular formula is C17H24Cl2FN. The Morgan fingerprint density at radius 1 is 1.24 bits per heavy atom. The average Bonchev–Trinajstić information content (AvgIpc) is 2.50. The molecule has 1 saturated carbocycles. The van der Waals surface area contributed by atoms with Crippen LogP contribution in [0.15, 0.2) is 12.1 Å². The van der Waals surface area contributed by atoms with Crippen molar-refractivity contribution in [2.75, 3.05) is 0 Å². The molecule has 118 valence electrons. The molecule has 2 atom stereocenters. The van der Waals surface area contributed by atoms with Crippen molar-refractivity contribution >= 4 is 23.2 Å². The van der Waals surface area contributed by atoms with E-state index in [2.05, 4.69) is 12.2 Å². The molecule has 0 spiro atoms. The normalized spacial score (nSPS) is 19.5. The quantitative estimate of drug-likeness (QED) is 0.638. The van der Waals surface area contributed by atoms with Crippen LogP contribution < -0.4 is 5.32 Å². The maximum atomic E-state index is 13.7. The summed E-state index contributed by atoms with van der Waals surface area (Å²) in [6.45, 7) is 4.21. The zero-order valence-electron chi connectivity index (χ0n) is 12.8. The van der Waals surface area contributed by atoms with Gasteiger partial charge in [0.15, 0.2) is 0 Å². The van der Waals surface area contributed by atoms with Gasteiger partial charge in [-0.15, -0.1) is 0 Å². The molecule has 1 aromatic rings. The number of rotatable bonds is 5. The lowest BCUT2D eigenvalue weighted by atomic mass is 9.82. The average molecular weight is 332 g/mol. The molecule has 0 amide bonds. The van der Waals surface area contributed by atoms with E-state index in [1.807, 2.05) is 6.92 Å². The van der Waals surface area contributed by atoms with Crippen LogP contribution >= 0.6 is 23.2 Å². The molecule has 21 heavy (non-hydrogen) atoms. The molecule has 1 fully saturated rings. The fourth-order valence-corrected chi connectivity index (χ4v) is 4.17. The molecule has 0 aliphatic heterocycles. The largest absolute Gasteiger partial charge is 0.307 e. The third-order valence-electron chi connectivity index (χ3n) is 4.64. The van der Waals surface area contributed by atoms with Crippen LogP contribution in [-0.4, -0.2) is 6.04 Å². The lowest BCUT2D eigenvalue weighted by Crippen LogP contribution is -2.38. The van der Waals surface area contributed by atoms with Crippen molar-refractivity contribution < 1.29 is 4.39 Å². The third-order valence-corrected chi connectivity index (χ3v) is 5.35. The van der Waals surface area contributed by atoms with E-state index in [4.69, 9.17) is 23.2 Å². The van der Waals surface area contributed by atoms with Crippen molar-refractivity contribution in [1.29, 1.82) is 0 Å². The van der Waals surface area contributed by atoms with Crippen LogP contribution in [0.1, 0.15) is 64.0 Å². The number of hydrogen-bond acceptors (Lipinski definition) is 1. The summed E-state index contributed by atoms with van der Waals surface area (Å²) in [5.41, 5.74) is 0.674. The van der Waals surface area contributed by atoms with Gasteiger partial charge in [0.05, 0.1) is 5.02 Å². The first-order valence-corrected chi connectivity index (χ1v) is 8.69. The molecule has 2 rings (SSSR count). The highest BCUT2D eigenvalue weighted by atomic mass is 35.5. The zero-order chi connectivity index (χ0) is 15.4. The summed E-state index contributed by atoms with van der Waals surface area (Å²) in [5.74, 6) is 0.299. The second-order valence-corrected chi connectivity index (χ2v) is 6.84. The molecule has 0 aromatic heterocycles. The van der Waals surface area contributed by atoms with Crippen LogP contribution in [0.25, 0.3) is 0 Å². The van der Waals surface area contributed by atoms with E-state index < -0.39 is 5.82 Å². The molecule has 1 nitrogen and oxygen atoms in total. The first-order chi connectivity index (χ1) is 10.0. The monoisotopic (exact) mass is 331 g/mol. The molecule has 0 radical (unpaired) electrons. The Morgan fingerprint density at radius 3 is 2.52 bits per heavy atom. The molecule has 1 aliphatic rings. The van der Waals surface area contributed by atoms with Gasteiger partial charge in [-0.25, -0.2) is 4.39 Å². The SMILES string of the molecule is CCC(NC(C)c1c(Cl)ccc(F)c1Cl)C1CCCCC1. The zero-order valence-corrected chi connectivity index (χ0v) is 14.3. The van der Waals surface area contributed by atoms with Gasteiger partial charge >= 0.3 is 0 Å². The van der Waals surface area contributed by atoms with Crippen LogP contribution in [0.3, 0.4) is 0 Å². The Hall–Kier alpha value is -0.310. The van der Waals surface area contributed by atoms with Gasteiger partial charge < -0.3 is 5.32 Å². The summed E-state index contributed by atoms with van der Waals surface area (Å²) >= 11 is 12.3. The molecule has 4 heteroatoms. The van der Waals surface area contributed by atoms with E-state index in [1.165, 1.54) is 38.2 Å². The summed E-state index contributed by atoms with van der Waals surface area (Å²) in [6, 6.07) is 3.29. The second-order valence-electron chi connectivity index (χ2n) is 6.06. The van der Waals surface area contributed by atoms with Crippen molar-refractivity contribution in [3.05, 3.63) is 33.6 Å². The third kappa shape index (κ3) is 4.12. The van der Waals surface area contributed by atoms with Crippen molar-refractivity contribution in [2.45, 2.75) is 64.5 Å². The number of halogens is 3. The lowest BCUT2D eigenvalue weighted by Gasteiger charge is -2.33. The highest BCUT2D eigenvalue weighted by molar-refractivity contribution is 6.36. The Balaban J connectivity index is 2.12. The summed E-state index contributed by atoms with van der Waals surface area (Å²) in [7, 11) is 0. The predicted molar refractivity (Wildman–Crippen MR) is 88.6 cm³/mol. The number of nitrogens with one attached hydrogen (secondary N) is 1. The molecule has 0 bridgehead atoms. The van der Waals surface area contributed by atoms with E-state index in [-0.39, 0.29) is 11.1 Å². The summed E-state index contributed by atoms with van der Waals surface area (Å²) < 4.78 is 13.7. The van der Waals surface area contributed by atoms with Crippen LogP contribution in [0.2, 0.25) is 10.0 Å². The highest BCUT2D eigenvalue weighted by Crippen LogP contribution is 2.34. The summed E-state index contributed by atoms with van der Waals surface area (Å²) in [4.78, 5) is 0. The van der Waals surface area contributed by atoms with Gasteiger partial charge in [-0.1, -0.05) is 49.4 Å². The van der Waals surface area contributed by atoms with Crippen molar-refractivity contribution in [3.8, 4) is 0 Å². The maximum Gasteiger partial charge on any atom is 0.142 e. The molecular weight excluding hydrogens is 308 g/mol. The Morgan fingerprint density at radius 2 is 1.90 bits per heavy atom. The van der Waals surface area contributed by atoms with Gasteiger partial charge in [0.25, 0.3) is 0 Å². The van der Waals surface area contributed by atoms with Crippen LogP contribution in [0.4, 0.5) is 4.39 Å². The van der Waals surface area contributed by atoms with Gasteiger partial charge in [0.1, 0.15) is 5.82 Å². The smallest absolute Gasteiger partial charge is 0.142 e. The van der Waals surface area contributed by atoms with Gasteiger partial charge in [0, 0.05) is 22.7 Å². The standard InChI is InChI=1S/C17H24Cl2FN/c1-3-15(12-7-5-4-6-8-12)21-11(2)16-13(18)9-10-14(20)17(16)19/h9-12,15,21H,3-8H2,1-2H3. The molecule has 2 unspecified atom stereocenters. The molecule has 0 saturated heterocycles. The van der Waals surface area contributed by atoms with E-state index >= 15 is 0 Å². The molecule has 1 N–H and O–H groups in total. The topological polar surface area (TPSA) is 12.0 Å². The van der Waals surface area contributed by atoms with Gasteiger partial charge in [-0.3, -0.25) is 0 Å². The fraction of sp³-hybridized carbons (Fsp3) is 0.647. The van der Waals surface area contributed by atoms with Gasteiger partial charge in [-0.2, -0.15) is 0 Å². The minimum absolute atomic E-state index is 0.0485. The Bertz CT molecular complexity index is 472. The van der Waals surface area contributed by atoms with E-state index in [9.17, 15) is 4.39 Å². The predicted octanol–water partition coefficient (Wildman–Crippen LogP) is 6.14. The lowest BCUT2D eigenvalue weighted by molar-refractivity contribution is 0.249. The van der Waals surface area contributed by atoms with E-state index in [0.717, 1.165) is 6.42 Å². The number of hydrogen-bond donors (Lipinski definition) is 1. The van der Waals surface area contributed by atoms with Crippen molar-refractivity contribution in [2.24, 2.45) is 5.92 Å². The summed E-state index contributed by atoms with van der Waals surface area (Å²) in [5, 5.41) is 4.29. The first kappa shape index (κ1) is 17.1. The first-order valence-electron chi connectivity index (χ1n) is 7.94. The van der Waals surface area contributed by atoms with E-state index in [0.29, 0.717) is 22.5 Å². The Kier molecular flexibility index (Phi) is 6.34. The molecule has 1 aliphatic carbocycles. The van der Waals surface area contributed by atoms with Gasteiger partial charge in [0.2, 0.25) is 0 Å². The van der Waals surface area contributed by atoms with Crippen LogP contribution in [-0.2, 0) is 0 Å². The number of benzene rings is 1.